The monoisotopic (exact) mass is 341 g/mol. The number of aromatic nitrogens is 1. The molecule has 0 saturated carbocycles. The summed E-state index contributed by atoms with van der Waals surface area (Å²) in [7, 11) is 2.06. The largest absolute Gasteiger partial charge is 0.457 e. The minimum atomic E-state index is 0.297. The third-order valence-corrected chi connectivity index (χ3v) is 5.04. The van der Waals surface area contributed by atoms with Crippen molar-refractivity contribution in [2.75, 3.05) is 0 Å². The van der Waals surface area contributed by atoms with E-state index in [2.05, 4.69) is 73.8 Å². The molecule has 128 valence electrons. The lowest BCUT2D eigenvalue weighted by Crippen LogP contribution is -2.30. The van der Waals surface area contributed by atoms with Crippen LogP contribution in [0.15, 0.2) is 53.1 Å². The topological polar surface area (TPSA) is 21.4 Å². The van der Waals surface area contributed by atoms with E-state index in [-0.39, 0.29) is 0 Å². The molecule has 4 rings (SSSR count). The molecule has 0 atom stereocenters. The summed E-state index contributed by atoms with van der Waals surface area (Å²) in [6.07, 6.45) is 2.06. The minimum Gasteiger partial charge on any atom is -0.457 e. The summed E-state index contributed by atoms with van der Waals surface area (Å²) >= 11 is 0. The lowest BCUT2D eigenvalue weighted by molar-refractivity contribution is -0.660. The van der Waals surface area contributed by atoms with Crippen LogP contribution in [-0.4, -0.2) is 0 Å². The summed E-state index contributed by atoms with van der Waals surface area (Å²) in [6.45, 7) is 13.8. The lowest BCUT2D eigenvalue weighted by atomic mass is 9.97. The molecule has 0 bridgehead atoms. The molecule has 4 aromatic rings. The van der Waals surface area contributed by atoms with Gasteiger partial charge in [0.25, 0.3) is 0 Å². The number of pyridine rings is 1. The highest BCUT2D eigenvalue weighted by atomic mass is 16.3. The van der Waals surface area contributed by atoms with Crippen molar-refractivity contribution >= 4 is 27.6 Å². The van der Waals surface area contributed by atoms with E-state index in [1.807, 2.05) is 12.1 Å². The number of rotatable bonds is 2. The second kappa shape index (κ2) is 6.00. The number of furan rings is 1. The van der Waals surface area contributed by atoms with E-state index in [9.17, 15) is 0 Å². The number of hydrogen-bond donors (Lipinski definition) is 0. The van der Waals surface area contributed by atoms with Crippen LogP contribution in [0.1, 0.15) is 30.9 Å². The van der Waals surface area contributed by atoms with Gasteiger partial charge < -0.3 is 4.42 Å². The highest BCUT2D eigenvalue weighted by molar-refractivity contribution is 6.08. The Morgan fingerprint density at radius 2 is 1.77 bits per heavy atom. The van der Waals surface area contributed by atoms with Crippen LogP contribution >= 0.6 is 0 Å². The van der Waals surface area contributed by atoms with Crippen molar-refractivity contribution in [1.29, 1.82) is 0 Å². The van der Waals surface area contributed by atoms with Crippen molar-refractivity contribution in [3.05, 3.63) is 71.2 Å². The van der Waals surface area contributed by atoms with Gasteiger partial charge in [0, 0.05) is 28.5 Å². The zero-order valence-electron chi connectivity index (χ0n) is 15.5. The van der Waals surface area contributed by atoms with Crippen molar-refractivity contribution < 1.29 is 8.98 Å². The van der Waals surface area contributed by atoms with E-state index in [1.54, 1.807) is 0 Å². The smallest absolute Gasteiger partial charge is 0.212 e. The fourth-order valence-corrected chi connectivity index (χ4v) is 3.61. The highest BCUT2D eigenvalue weighted by Crippen LogP contribution is 2.38. The Morgan fingerprint density at radius 3 is 2.46 bits per heavy atom. The molecule has 0 unspecified atom stereocenters. The van der Waals surface area contributed by atoms with Crippen molar-refractivity contribution in [1.82, 2.24) is 0 Å². The van der Waals surface area contributed by atoms with Gasteiger partial charge in [-0.15, -0.1) is 0 Å². The maximum atomic E-state index is 7.47. The van der Waals surface area contributed by atoms with Crippen LogP contribution in [0.4, 0.5) is 5.69 Å². The molecule has 0 spiro atoms. The molecule has 0 aliphatic rings. The van der Waals surface area contributed by atoms with Crippen molar-refractivity contribution in [2.45, 2.75) is 26.7 Å². The van der Waals surface area contributed by atoms with E-state index < -0.39 is 0 Å². The summed E-state index contributed by atoms with van der Waals surface area (Å²) in [4.78, 5) is 3.69. The Hall–Kier alpha value is -3.12. The minimum absolute atomic E-state index is 0.297. The normalized spacial score (nSPS) is 11.4. The first-order valence-electron chi connectivity index (χ1n) is 8.83. The van der Waals surface area contributed by atoms with E-state index in [0.29, 0.717) is 11.6 Å². The fraction of sp³-hybridized carbons (Fsp3) is 0.217. The van der Waals surface area contributed by atoms with Crippen molar-refractivity contribution in [3.8, 4) is 11.3 Å². The highest BCUT2D eigenvalue weighted by Gasteiger charge is 2.18. The predicted molar refractivity (Wildman–Crippen MR) is 105 cm³/mol. The van der Waals surface area contributed by atoms with Crippen LogP contribution in [-0.2, 0) is 7.05 Å². The van der Waals surface area contributed by atoms with Crippen LogP contribution in [0.25, 0.3) is 38.0 Å². The molecule has 3 nitrogen and oxygen atoms in total. The van der Waals surface area contributed by atoms with Gasteiger partial charge in [0.05, 0.1) is 6.57 Å². The van der Waals surface area contributed by atoms with Gasteiger partial charge in [0.15, 0.2) is 11.9 Å². The summed E-state index contributed by atoms with van der Waals surface area (Å²) < 4.78 is 8.21. The molecule has 0 aliphatic heterocycles. The lowest BCUT2D eigenvalue weighted by Gasteiger charge is -2.08. The first-order chi connectivity index (χ1) is 12.5. The zero-order valence-corrected chi connectivity index (χ0v) is 15.5. The Bertz CT molecular complexity index is 1190. The molecule has 3 heteroatoms. The van der Waals surface area contributed by atoms with Gasteiger partial charge in [-0.3, -0.25) is 0 Å². The van der Waals surface area contributed by atoms with E-state index in [1.165, 1.54) is 16.8 Å². The van der Waals surface area contributed by atoms with Gasteiger partial charge in [-0.25, -0.2) is 9.41 Å². The van der Waals surface area contributed by atoms with Crippen LogP contribution in [0.3, 0.4) is 0 Å². The fourth-order valence-electron chi connectivity index (χ4n) is 3.61. The molecular formula is C23H21N2O+. The van der Waals surface area contributed by atoms with Crippen molar-refractivity contribution in [2.24, 2.45) is 7.05 Å². The maximum absolute atomic E-state index is 7.47. The SMILES string of the molecule is [C-]#[N+]c1cc2oc3cc(C)c(-c4cccc[n+]4C)cc3c2cc1C(C)C. The first kappa shape index (κ1) is 16.4. The van der Waals surface area contributed by atoms with Gasteiger partial charge in [0.1, 0.15) is 18.2 Å². The molecule has 0 N–H and O–H groups in total. The number of nitrogens with zero attached hydrogens (tertiary/aromatic N) is 2. The molecule has 2 heterocycles. The molecule has 0 aliphatic carbocycles. The molecule has 0 amide bonds. The van der Waals surface area contributed by atoms with Gasteiger partial charge in [-0.2, -0.15) is 0 Å². The van der Waals surface area contributed by atoms with Gasteiger partial charge >= 0.3 is 0 Å². The number of hydrogen-bond acceptors (Lipinski definition) is 1. The molecule has 2 aromatic heterocycles. The Kier molecular flexibility index (Phi) is 3.77. The van der Waals surface area contributed by atoms with Crippen LogP contribution in [0, 0.1) is 13.5 Å². The summed E-state index contributed by atoms with van der Waals surface area (Å²) in [5, 5.41) is 2.18. The first-order valence-corrected chi connectivity index (χ1v) is 8.83. The Balaban J connectivity index is 2.06. The molecular weight excluding hydrogens is 320 g/mol. The quantitative estimate of drug-likeness (QED) is 0.321. The van der Waals surface area contributed by atoms with Crippen LogP contribution in [0.2, 0.25) is 0 Å². The third-order valence-electron chi connectivity index (χ3n) is 5.04. The molecule has 0 saturated heterocycles. The predicted octanol–water partition coefficient (Wildman–Crippen LogP) is 6.06. The van der Waals surface area contributed by atoms with Crippen LogP contribution < -0.4 is 4.57 Å². The molecule has 2 aromatic carbocycles. The van der Waals surface area contributed by atoms with E-state index >= 15 is 0 Å². The molecule has 0 fully saturated rings. The Labute approximate surface area is 153 Å². The van der Waals surface area contributed by atoms with Gasteiger partial charge in [0.2, 0.25) is 5.69 Å². The van der Waals surface area contributed by atoms with Gasteiger partial charge in [-0.05, 0) is 48.2 Å². The third kappa shape index (κ3) is 2.46. The number of aryl methyl sites for hydroxylation is 2. The molecule has 26 heavy (non-hydrogen) atoms. The average molecular weight is 341 g/mol. The summed E-state index contributed by atoms with van der Waals surface area (Å²) in [5.41, 5.74) is 6.95. The van der Waals surface area contributed by atoms with E-state index in [0.717, 1.165) is 27.5 Å². The van der Waals surface area contributed by atoms with Gasteiger partial charge in [-0.1, -0.05) is 19.9 Å². The molecule has 0 radical (unpaired) electrons. The summed E-state index contributed by atoms with van der Waals surface area (Å²) in [6, 6.07) is 14.6. The zero-order chi connectivity index (χ0) is 18.4. The standard InChI is InChI=1S/C23H21N2O/c1-14(2)16-11-18-19-12-17(21-8-6-7-9-25(21)5)15(3)10-22(19)26-23(18)13-20(16)24-4/h6-14H,1-3,5H3/q+1. The maximum Gasteiger partial charge on any atom is 0.212 e. The number of benzene rings is 2. The van der Waals surface area contributed by atoms with Crippen molar-refractivity contribution in [3.63, 3.8) is 0 Å². The Morgan fingerprint density at radius 1 is 1.04 bits per heavy atom. The van der Waals surface area contributed by atoms with Crippen LogP contribution in [0.5, 0.6) is 0 Å². The second-order valence-corrected chi connectivity index (χ2v) is 7.14. The summed E-state index contributed by atoms with van der Waals surface area (Å²) in [5.74, 6) is 0.297. The average Bonchev–Trinajstić information content (AvgIpc) is 2.96. The van der Waals surface area contributed by atoms with E-state index in [4.69, 9.17) is 11.0 Å². The second-order valence-electron chi connectivity index (χ2n) is 7.14. The number of fused-ring (bicyclic) bond motifs is 3.